The lowest BCUT2D eigenvalue weighted by Crippen LogP contribution is -2.29. The van der Waals surface area contributed by atoms with Crippen LogP contribution in [0, 0.1) is 6.92 Å². The van der Waals surface area contributed by atoms with Crippen molar-refractivity contribution in [1.29, 1.82) is 0 Å². The minimum absolute atomic E-state index is 0.637. The summed E-state index contributed by atoms with van der Waals surface area (Å²) in [6, 6.07) is 8.38. The summed E-state index contributed by atoms with van der Waals surface area (Å²) < 4.78 is 0. The molecular formula is C15H21N. The number of nitrogens with one attached hydrogen (secondary N) is 1. The first-order valence-corrected chi connectivity index (χ1v) is 6.68. The third kappa shape index (κ3) is 1.89. The average molecular weight is 215 g/mol. The van der Waals surface area contributed by atoms with Gasteiger partial charge in [-0.3, -0.25) is 0 Å². The number of aryl methyl sites for hydroxylation is 2. The van der Waals surface area contributed by atoms with Crippen LogP contribution < -0.4 is 5.32 Å². The molecule has 16 heavy (non-hydrogen) atoms. The number of rotatable bonds is 2. The third-order valence-corrected chi connectivity index (χ3v) is 4.17. The Morgan fingerprint density at radius 3 is 2.75 bits per heavy atom. The van der Waals surface area contributed by atoms with Crippen LogP contribution >= 0.6 is 0 Å². The van der Waals surface area contributed by atoms with Crippen molar-refractivity contribution in [2.45, 2.75) is 57.5 Å². The van der Waals surface area contributed by atoms with E-state index in [0.29, 0.717) is 6.04 Å². The molecule has 1 heteroatoms. The Balaban J connectivity index is 1.77. The third-order valence-electron chi connectivity index (χ3n) is 4.17. The first kappa shape index (κ1) is 10.3. The second-order valence-electron chi connectivity index (χ2n) is 5.44. The van der Waals surface area contributed by atoms with Crippen LogP contribution in [-0.4, -0.2) is 6.04 Å². The predicted octanol–water partition coefficient (Wildman–Crippen LogP) is 3.51. The van der Waals surface area contributed by atoms with E-state index in [4.69, 9.17) is 0 Å². The van der Waals surface area contributed by atoms with Crippen molar-refractivity contribution >= 4 is 0 Å². The highest BCUT2D eigenvalue weighted by molar-refractivity contribution is 5.37. The van der Waals surface area contributed by atoms with Crippen molar-refractivity contribution in [3.8, 4) is 0 Å². The maximum Gasteiger partial charge on any atom is 0.0328 e. The second kappa shape index (κ2) is 4.21. The Bertz CT molecular complexity index is 377. The maximum absolute atomic E-state index is 3.86. The Morgan fingerprint density at radius 1 is 1.12 bits per heavy atom. The smallest absolute Gasteiger partial charge is 0.0328 e. The van der Waals surface area contributed by atoms with Crippen molar-refractivity contribution in [2.24, 2.45) is 0 Å². The molecule has 1 N–H and O–H groups in total. The van der Waals surface area contributed by atoms with E-state index in [1.165, 1.54) is 44.1 Å². The van der Waals surface area contributed by atoms with Crippen molar-refractivity contribution in [1.82, 2.24) is 5.32 Å². The van der Waals surface area contributed by atoms with Gasteiger partial charge in [-0.2, -0.15) is 0 Å². The van der Waals surface area contributed by atoms with E-state index in [1.54, 1.807) is 11.1 Å². The van der Waals surface area contributed by atoms with Crippen molar-refractivity contribution < 1.29 is 0 Å². The Morgan fingerprint density at radius 2 is 1.94 bits per heavy atom. The van der Waals surface area contributed by atoms with Crippen molar-refractivity contribution in [3.05, 3.63) is 34.9 Å². The average Bonchev–Trinajstić information content (AvgIpc) is 2.90. The van der Waals surface area contributed by atoms with Crippen LogP contribution in [0.2, 0.25) is 0 Å². The molecule has 0 spiro atoms. The van der Waals surface area contributed by atoms with Gasteiger partial charge < -0.3 is 5.32 Å². The fourth-order valence-electron chi connectivity index (χ4n) is 3.27. The maximum atomic E-state index is 3.86. The van der Waals surface area contributed by atoms with Gasteiger partial charge in [-0.15, -0.1) is 0 Å². The lowest BCUT2D eigenvalue weighted by atomic mass is 10.0. The van der Waals surface area contributed by atoms with Crippen LogP contribution in [0.1, 0.15) is 54.8 Å². The molecule has 1 saturated carbocycles. The van der Waals surface area contributed by atoms with Crippen LogP contribution in [0.25, 0.3) is 0 Å². The van der Waals surface area contributed by atoms with E-state index < -0.39 is 0 Å². The summed E-state index contributed by atoms with van der Waals surface area (Å²) in [5, 5.41) is 3.86. The van der Waals surface area contributed by atoms with Crippen molar-refractivity contribution in [3.63, 3.8) is 0 Å². The first-order valence-electron chi connectivity index (χ1n) is 6.68. The van der Waals surface area contributed by atoms with Gasteiger partial charge in [0, 0.05) is 12.1 Å². The lowest BCUT2D eigenvalue weighted by Gasteiger charge is -2.19. The molecule has 1 nitrogen and oxygen atoms in total. The molecular weight excluding hydrogens is 194 g/mol. The van der Waals surface area contributed by atoms with E-state index in [1.807, 2.05) is 0 Å². The van der Waals surface area contributed by atoms with Gasteiger partial charge in [0.25, 0.3) is 0 Å². The molecule has 1 aromatic carbocycles. The summed E-state index contributed by atoms with van der Waals surface area (Å²) in [7, 11) is 0. The summed E-state index contributed by atoms with van der Waals surface area (Å²) in [5.41, 5.74) is 4.55. The minimum atomic E-state index is 0.637. The minimum Gasteiger partial charge on any atom is -0.307 e. The zero-order chi connectivity index (χ0) is 11.0. The Labute approximate surface area is 98.3 Å². The van der Waals surface area contributed by atoms with Gasteiger partial charge in [0.2, 0.25) is 0 Å². The fraction of sp³-hybridized carbons (Fsp3) is 0.600. The van der Waals surface area contributed by atoms with Gasteiger partial charge in [-0.25, -0.2) is 0 Å². The van der Waals surface area contributed by atoms with Crippen LogP contribution in [0.3, 0.4) is 0 Å². The first-order chi connectivity index (χ1) is 7.83. The molecule has 2 aliphatic rings. The van der Waals surface area contributed by atoms with Crippen LogP contribution in [-0.2, 0) is 6.42 Å². The second-order valence-corrected chi connectivity index (χ2v) is 5.44. The largest absolute Gasteiger partial charge is 0.307 e. The molecule has 1 fully saturated rings. The highest BCUT2D eigenvalue weighted by Crippen LogP contribution is 2.33. The van der Waals surface area contributed by atoms with Crippen LogP contribution in [0.4, 0.5) is 0 Å². The van der Waals surface area contributed by atoms with Gasteiger partial charge in [-0.05, 0) is 43.7 Å². The molecule has 2 aliphatic carbocycles. The van der Waals surface area contributed by atoms with Gasteiger partial charge in [0.15, 0.2) is 0 Å². The highest BCUT2D eigenvalue weighted by atomic mass is 15.0. The van der Waals surface area contributed by atoms with Gasteiger partial charge in [-0.1, -0.05) is 36.6 Å². The summed E-state index contributed by atoms with van der Waals surface area (Å²) in [5.74, 6) is 0. The van der Waals surface area contributed by atoms with Crippen LogP contribution in [0.15, 0.2) is 18.2 Å². The topological polar surface area (TPSA) is 12.0 Å². The van der Waals surface area contributed by atoms with E-state index in [0.717, 1.165) is 6.04 Å². The van der Waals surface area contributed by atoms with E-state index in [2.05, 4.69) is 30.4 Å². The predicted molar refractivity (Wildman–Crippen MR) is 67.6 cm³/mol. The monoisotopic (exact) mass is 215 g/mol. The molecule has 3 rings (SSSR count). The number of fused-ring (bicyclic) bond motifs is 1. The molecule has 0 aliphatic heterocycles. The quantitative estimate of drug-likeness (QED) is 0.796. The zero-order valence-electron chi connectivity index (χ0n) is 10.1. The van der Waals surface area contributed by atoms with Gasteiger partial charge in [0.1, 0.15) is 0 Å². The summed E-state index contributed by atoms with van der Waals surface area (Å²) in [6.45, 7) is 2.20. The van der Waals surface area contributed by atoms with Crippen molar-refractivity contribution in [2.75, 3.05) is 0 Å². The normalized spacial score (nSPS) is 24.9. The zero-order valence-corrected chi connectivity index (χ0v) is 10.1. The number of benzene rings is 1. The molecule has 86 valence electrons. The number of hydrogen-bond donors (Lipinski definition) is 1. The molecule has 0 saturated heterocycles. The molecule has 0 aromatic heterocycles. The fourth-order valence-corrected chi connectivity index (χ4v) is 3.27. The highest BCUT2D eigenvalue weighted by Gasteiger charge is 2.25. The lowest BCUT2D eigenvalue weighted by molar-refractivity contribution is 0.437. The van der Waals surface area contributed by atoms with Crippen LogP contribution in [0.5, 0.6) is 0 Å². The summed E-state index contributed by atoms with van der Waals surface area (Å²) >= 11 is 0. The number of hydrogen-bond acceptors (Lipinski definition) is 1. The summed E-state index contributed by atoms with van der Waals surface area (Å²) in [6.07, 6.45) is 8.18. The molecule has 0 radical (unpaired) electrons. The molecule has 0 bridgehead atoms. The van der Waals surface area contributed by atoms with Gasteiger partial charge >= 0.3 is 0 Å². The molecule has 0 heterocycles. The Kier molecular flexibility index (Phi) is 2.72. The van der Waals surface area contributed by atoms with E-state index in [9.17, 15) is 0 Å². The van der Waals surface area contributed by atoms with E-state index in [-0.39, 0.29) is 0 Å². The Hall–Kier alpha value is -0.820. The van der Waals surface area contributed by atoms with E-state index >= 15 is 0 Å². The molecule has 0 amide bonds. The standard InChI is InChI=1S/C15H21N/c1-11-6-7-12-8-9-15(14(12)10-11)16-13-4-2-3-5-13/h6-7,10,13,15-16H,2-5,8-9H2,1H3. The molecule has 1 atom stereocenters. The SMILES string of the molecule is Cc1ccc2c(c1)C(NC1CCCC1)CC2. The molecule has 1 unspecified atom stereocenters. The molecule has 1 aromatic rings. The summed E-state index contributed by atoms with van der Waals surface area (Å²) in [4.78, 5) is 0. The van der Waals surface area contributed by atoms with Gasteiger partial charge in [0.05, 0.1) is 0 Å².